The second-order valence-corrected chi connectivity index (χ2v) is 8.78. The van der Waals surface area contributed by atoms with Crippen molar-refractivity contribution in [2.75, 3.05) is 13.1 Å². The van der Waals surface area contributed by atoms with Crippen LogP contribution >= 0.6 is 0 Å². The molecule has 1 heterocycles. The molecule has 0 radical (unpaired) electrons. The van der Waals surface area contributed by atoms with Gasteiger partial charge in [-0.3, -0.25) is 4.79 Å². The standard InChI is InChI=1S/C17H22N2O5S/c20-15(18-17(8-9-17)16(21)22)14-7-4-10-19(11-14)25(23,24)12-13-5-2-1-3-6-13/h1-3,5-6,14H,4,7-12H2,(H,18,20)(H,21,22). The molecular formula is C17H22N2O5S. The van der Waals surface area contributed by atoms with Gasteiger partial charge >= 0.3 is 5.97 Å². The van der Waals surface area contributed by atoms with E-state index >= 15 is 0 Å². The lowest BCUT2D eigenvalue weighted by molar-refractivity contribution is -0.144. The number of carbonyl (C=O) groups excluding carboxylic acids is 1. The normalized spacial score (nSPS) is 23.0. The number of rotatable bonds is 6. The first-order chi connectivity index (χ1) is 11.8. The first kappa shape index (κ1) is 17.9. The van der Waals surface area contributed by atoms with Crippen molar-refractivity contribution >= 4 is 21.9 Å². The highest BCUT2D eigenvalue weighted by Crippen LogP contribution is 2.36. The second kappa shape index (κ2) is 6.76. The third-order valence-corrected chi connectivity index (χ3v) is 6.68. The van der Waals surface area contributed by atoms with Gasteiger partial charge in [0.05, 0.1) is 11.7 Å². The highest BCUT2D eigenvalue weighted by molar-refractivity contribution is 7.88. The van der Waals surface area contributed by atoms with Gasteiger partial charge in [-0.05, 0) is 31.2 Å². The second-order valence-electron chi connectivity index (χ2n) is 6.82. The first-order valence-corrected chi connectivity index (χ1v) is 10.0. The molecule has 1 aliphatic carbocycles. The van der Waals surface area contributed by atoms with Crippen molar-refractivity contribution in [1.82, 2.24) is 9.62 Å². The number of aliphatic carboxylic acids is 1. The zero-order chi connectivity index (χ0) is 18.1. The van der Waals surface area contributed by atoms with Crippen LogP contribution in [0.5, 0.6) is 0 Å². The molecule has 0 spiro atoms. The van der Waals surface area contributed by atoms with Crippen LogP contribution in [0.1, 0.15) is 31.2 Å². The van der Waals surface area contributed by atoms with Crippen LogP contribution in [0.25, 0.3) is 0 Å². The molecule has 7 nitrogen and oxygen atoms in total. The Hall–Kier alpha value is -1.93. The molecule has 1 unspecified atom stereocenters. The van der Waals surface area contributed by atoms with Crippen molar-refractivity contribution in [3.8, 4) is 0 Å². The van der Waals surface area contributed by atoms with Crippen LogP contribution in [-0.2, 0) is 25.4 Å². The van der Waals surface area contributed by atoms with Gasteiger partial charge in [-0.2, -0.15) is 0 Å². The van der Waals surface area contributed by atoms with Crippen LogP contribution in [-0.4, -0.2) is 48.3 Å². The zero-order valence-corrected chi connectivity index (χ0v) is 14.7. The number of carbonyl (C=O) groups is 2. The van der Waals surface area contributed by atoms with Gasteiger partial charge < -0.3 is 10.4 Å². The summed E-state index contributed by atoms with van der Waals surface area (Å²) in [5, 5.41) is 11.8. The van der Waals surface area contributed by atoms with E-state index in [-0.39, 0.29) is 18.2 Å². The van der Waals surface area contributed by atoms with E-state index in [1.54, 1.807) is 24.3 Å². The van der Waals surface area contributed by atoms with Gasteiger partial charge in [-0.25, -0.2) is 17.5 Å². The molecule has 2 fully saturated rings. The maximum atomic E-state index is 12.6. The van der Waals surface area contributed by atoms with Crippen LogP contribution in [0.15, 0.2) is 30.3 Å². The Morgan fingerprint density at radius 2 is 1.92 bits per heavy atom. The summed E-state index contributed by atoms with van der Waals surface area (Å²) in [5.74, 6) is -1.98. The third kappa shape index (κ3) is 4.01. The summed E-state index contributed by atoms with van der Waals surface area (Å²) >= 11 is 0. The quantitative estimate of drug-likeness (QED) is 0.780. The maximum absolute atomic E-state index is 12.6. The van der Waals surface area contributed by atoms with E-state index in [2.05, 4.69) is 5.32 Å². The monoisotopic (exact) mass is 366 g/mol. The molecule has 0 aromatic heterocycles. The number of hydrogen-bond donors (Lipinski definition) is 2. The molecule has 1 saturated carbocycles. The van der Waals surface area contributed by atoms with Crippen LogP contribution in [0, 0.1) is 5.92 Å². The fourth-order valence-corrected chi connectivity index (χ4v) is 4.75. The van der Waals surface area contributed by atoms with Crippen LogP contribution in [0.2, 0.25) is 0 Å². The molecule has 136 valence electrons. The molecule has 8 heteroatoms. The number of carboxylic acids is 1. The maximum Gasteiger partial charge on any atom is 0.329 e. The minimum atomic E-state index is -3.51. The Kier molecular flexibility index (Phi) is 4.83. The Balaban J connectivity index is 1.64. The molecule has 1 amide bonds. The molecular weight excluding hydrogens is 344 g/mol. The smallest absolute Gasteiger partial charge is 0.329 e. The highest BCUT2D eigenvalue weighted by Gasteiger charge is 2.52. The van der Waals surface area contributed by atoms with Crippen molar-refractivity contribution in [2.24, 2.45) is 5.92 Å². The fourth-order valence-electron chi connectivity index (χ4n) is 3.14. The summed E-state index contributed by atoms with van der Waals surface area (Å²) in [5.41, 5.74) is -0.431. The summed E-state index contributed by atoms with van der Waals surface area (Å²) in [4.78, 5) is 23.6. The van der Waals surface area contributed by atoms with E-state index in [1.165, 1.54) is 4.31 Å². The predicted molar refractivity (Wildman–Crippen MR) is 91.1 cm³/mol. The van der Waals surface area contributed by atoms with Gasteiger partial charge in [0.1, 0.15) is 5.54 Å². The molecule has 0 bridgehead atoms. The largest absolute Gasteiger partial charge is 0.480 e. The van der Waals surface area contributed by atoms with Gasteiger partial charge in [-0.15, -0.1) is 0 Å². The van der Waals surface area contributed by atoms with Crippen molar-refractivity contribution in [3.63, 3.8) is 0 Å². The van der Waals surface area contributed by atoms with Gasteiger partial charge in [0.15, 0.2) is 0 Å². The predicted octanol–water partition coefficient (Wildman–Crippen LogP) is 0.962. The van der Waals surface area contributed by atoms with Crippen molar-refractivity contribution in [2.45, 2.75) is 37.0 Å². The summed E-state index contributed by atoms with van der Waals surface area (Å²) in [6.07, 6.45) is 2.01. The van der Waals surface area contributed by atoms with E-state index in [9.17, 15) is 23.1 Å². The van der Waals surface area contributed by atoms with E-state index < -0.39 is 27.4 Å². The van der Waals surface area contributed by atoms with Gasteiger partial charge in [0.25, 0.3) is 0 Å². The summed E-state index contributed by atoms with van der Waals surface area (Å²) in [6, 6.07) is 8.93. The van der Waals surface area contributed by atoms with Gasteiger partial charge in [-0.1, -0.05) is 30.3 Å². The number of benzene rings is 1. The first-order valence-electron chi connectivity index (χ1n) is 8.40. The molecule has 1 saturated heterocycles. The molecule has 1 aromatic rings. The lowest BCUT2D eigenvalue weighted by Crippen LogP contribution is -2.50. The minimum Gasteiger partial charge on any atom is -0.480 e. The van der Waals surface area contributed by atoms with E-state index in [0.29, 0.717) is 37.8 Å². The number of nitrogens with one attached hydrogen (secondary N) is 1. The summed E-state index contributed by atoms with van der Waals surface area (Å²) in [7, 11) is -3.51. The number of amides is 1. The average molecular weight is 366 g/mol. The minimum absolute atomic E-state index is 0.0960. The Labute approximate surface area is 147 Å². The van der Waals surface area contributed by atoms with Crippen molar-refractivity contribution in [3.05, 3.63) is 35.9 Å². The Morgan fingerprint density at radius 1 is 1.24 bits per heavy atom. The lowest BCUT2D eigenvalue weighted by atomic mass is 9.98. The Morgan fingerprint density at radius 3 is 2.52 bits per heavy atom. The molecule has 1 aliphatic heterocycles. The third-order valence-electron chi connectivity index (χ3n) is 4.86. The lowest BCUT2D eigenvalue weighted by Gasteiger charge is -2.31. The van der Waals surface area contributed by atoms with Crippen LogP contribution < -0.4 is 5.32 Å². The Bertz CT molecular complexity index is 759. The molecule has 3 rings (SSSR count). The average Bonchev–Trinajstić information content (AvgIpc) is 3.36. The van der Waals surface area contributed by atoms with Gasteiger partial charge in [0, 0.05) is 13.1 Å². The molecule has 1 aromatic carbocycles. The van der Waals surface area contributed by atoms with E-state index in [4.69, 9.17) is 0 Å². The van der Waals surface area contributed by atoms with Crippen LogP contribution in [0.4, 0.5) is 0 Å². The molecule has 2 aliphatic rings. The number of nitrogens with zero attached hydrogens (tertiary/aromatic N) is 1. The fraction of sp³-hybridized carbons (Fsp3) is 0.529. The van der Waals surface area contributed by atoms with Crippen molar-refractivity contribution in [1.29, 1.82) is 0 Å². The molecule has 1 atom stereocenters. The number of carboxylic acid groups (broad SMARTS) is 1. The SMILES string of the molecule is O=C(NC1(C(=O)O)CC1)C1CCCN(S(=O)(=O)Cc2ccccc2)C1. The van der Waals surface area contributed by atoms with E-state index in [0.717, 1.165) is 0 Å². The number of piperidine rings is 1. The van der Waals surface area contributed by atoms with E-state index in [1.807, 2.05) is 6.07 Å². The number of sulfonamides is 1. The summed E-state index contributed by atoms with van der Waals surface area (Å²) < 4.78 is 26.6. The molecule has 2 N–H and O–H groups in total. The zero-order valence-electron chi connectivity index (χ0n) is 13.8. The van der Waals surface area contributed by atoms with Gasteiger partial charge in [0.2, 0.25) is 15.9 Å². The summed E-state index contributed by atoms with van der Waals surface area (Å²) in [6.45, 7) is 0.500. The van der Waals surface area contributed by atoms with Crippen molar-refractivity contribution < 1.29 is 23.1 Å². The topological polar surface area (TPSA) is 104 Å². The highest BCUT2D eigenvalue weighted by atomic mass is 32.2. The molecule has 25 heavy (non-hydrogen) atoms. The van der Waals surface area contributed by atoms with Crippen LogP contribution in [0.3, 0.4) is 0 Å². The number of hydrogen-bond acceptors (Lipinski definition) is 4.